The van der Waals surface area contributed by atoms with Gasteiger partial charge in [-0.1, -0.05) is 11.1 Å². The van der Waals surface area contributed by atoms with Gasteiger partial charge in [-0.2, -0.15) is 0 Å². The maximum atomic E-state index is 6.20. The van der Waals surface area contributed by atoms with E-state index in [0.29, 0.717) is 5.38 Å². The van der Waals surface area contributed by atoms with Crippen molar-refractivity contribution in [2.45, 2.75) is 43.9 Å². The molecule has 1 saturated carbocycles. The molecule has 0 saturated heterocycles. The summed E-state index contributed by atoms with van der Waals surface area (Å²) in [6.07, 6.45) is 8.36. The van der Waals surface area contributed by atoms with Crippen LogP contribution in [0.2, 0.25) is 0 Å². The molecular weight excluding hydrogens is 168 g/mol. The second-order valence-electron chi connectivity index (χ2n) is 4.59. The minimum absolute atomic E-state index is 0.538. The summed E-state index contributed by atoms with van der Waals surface area (Å²) in [5.74, 6) is 1.76. The van der Waals surface area contributed by atoms with Crippen molar-refractivity contribution in [3.63, 3.8) is 0 Å². The number of hydrogen-bond acceptors (Lipinski definition) is 0. The van der Waals surface area contributed by atoms with E-state index in [4.69, 9.17) is 11.6 Å². The first-order valence-electron chi connectivity index (χ1n) is 5.20. The highest BCUT2D eigenvalue weighted by atomic mass is 35.5. The van der Waals surface area contributed by atoms with Crippen LogP contribution in [0.1, 0.15) is 38.5 Å². The molecule has 0 aromatic carbocycles. The summed E-state index contributed by atoms with van der Waals surface area (Å²) in [5, 5.41) is 0.538. The summed E-state index contributed by atoms with van der Waals surface area (Å²) in [4.78, 5) is 0. The molecule has 0 amide bonds. The van der Waals surface area contributed by atoms with Gasteiger partial charge in [-0.25, -0.2) is 0 Å². The highest BCUT2D eigenvalue weighted by molar-refractivity contribution is 6.23. The molecule has 0 nitrogen and oxygen atoms in total. The molecule has 3 rings (SSSR count). The molecule has 0 aromatic rings. The van der Waals surface area contributed by atoms with Crippen molar-refractivity contribution in [2.75, 3.05) is 0 Å². The maximum Gasteiger partial charge on any atom is 0.0405 e. The molecule has 0 aromatic heterocycles. The van der Waals surface area contributed by atoms with Crippen LogP contribution >= 0.6 is 11.6 Å². The van der Waals surface area contributed by atoms with Crippen LogP contribution in [-0.2, 0) is 0 Å². The maximum absolute atomic E-state index is 6.20. The molecule has 1 fully saturated rings. The van der Waals surface area contributed by atoms with Gasteiger partial charge in [0, 0.05) is 5.38 Å². The zero-order chi connectivity index (χ0) is 8.13. The molecule has 1 heteroatoms. The molecule has 3 aliphatic carbocycles. The van der Waals surface area contributed by atoms with E-state index in [1.807, 2.05) is 0 Å². The summed E-state index contributed by atoms with van der Waals surface area (Å²) >= 11 is 6.20. The van der Waals surface area contributed by atoms with Crippen molar-refractivity contribution < 1.29 is 0 Å². The van der Waals surface area contributed by atoms with E-state index in [1.54, 1.807) is 11.1 Å². The van der Waals surface area contributed by atoms with Gasteiger partial charge in [-0.3, -0.25) is 0 Å². The van der Waals surface area contributed by atoms with Gasteiger partial charge in [-0.15, -0.1) is 11.6 Å². The molecule has 12 heavy (non-hydrogen) atoms. The van der Waals surface area contributed by atoms with Gasteiger partial charge in [-0.05, 0) is 50.4 Å². The Morgan fingerprint density at radius 1 is 0.917 bits per heavy atom. The molecule has 0 radical (unpaired) electrons. The summed E-state index contributed by atoms with van der Waals surface area (Å²) in [6.45, 7) is 0. The lowest BCUT2D eigenvalue weighted by Crippen LogP contribution is -2.06. The smallest absolute Gasteiger partial charge is 0.0405 e. The number of alkyl halides is 1. The first-order valence-corrected chi connectivity index (χ1v) is 5.64. The van der Waals surface area contributed by atoms with Crippen LogP contribution in [0.15, 0.2) is 11.1 Å². The molecule has 3 aliphatic rings. The number of allylic oxidation sites excluding steroid dienone is 2. The number of hydrogen-bond donors (Lipinski definition) is 0. The minimum Gasteiger partial charge on any atom is -0.122 e. The van der Waals surface area contributed by atoms with Crippen LogP contribution in [-0.4, -0.2) is 5.38 Å². The third-order valence-electron chi connectivity index (χ3n) is 3.90. The normalized spacial score (nSPS) is 45.2. The van der Waals surface area contributed by atoms with Crippen molar-refractivity contribution in [3.8, 4) is 0 Å². The minimum atomic E-state index is 0.538. The Bertz CT molecular complexity index is 217. The average molecular weight is 183 g/mol. The highest BCUT2D eigenvalue weighted by Crippen LogP contribution is 2.56. The third-order valence-corrected chi connectivity index (χ3v) is 4.55. The predicted octanol–water partition coefficient (Wildman–Crippen LogP) is 3.50. The van der Waals surface area contributed by atoms with E-state index in [9.17, 15) is 0 Å². The third kappa shape index (κ3) is 0.970. The topological polar surface area (TPSA) is 0 Å². The second-order valence-corrected chi connectivity index (χ2v) is 5.10. The first kappa shape index (κ1) is 7.44. The fourth-order valence-corrected chi connectivity index (χ4v) is 3.49. The Hall–Kier alpha value is 0.0300. The molecule has 3 atom stereocenters. The van der Waals surface area contributed by atoms with Gasteiger partial charge >= 0.3 is 0 Å². The van der Waals surface area contributed by atoms with E-state index in [-0.39, 0.29) is 0 Å². The highest BCUT2D eigenvalue weighted by Gasteiger charge is 2.51. The molecule has 0 bridgehead atoms. The molecule has 0 heterocycles. The van der Waals surface area contributed by atoms with Crippen LogP contribution in [0.5, 0.6) is 0 Å². The van der Waals surface area contributed by atoms with Crippen molar-refractivity contribution in [1.82, 2.24) is 0 Å². The Kier molecular flexibility index (Phi) is 1.55. The lowest BCUT2D eigenvalue weighted by molar-refractivity contribution is 0.541. The largest absolute Gasteiger partial charge is 0.122 e. The molecule has 1 unspecified atom stereocenters. The monoisotopic (exact) mass is 182 g/mol. The lowest BCUT2D eigenvalue weighted by atomic mass is 9.82. The molecule has 66 valence electrons. The van der Waals surface area contributed by atoms with Gasteiger partial charge in [0.2, 0.25) is 0 Å². The van der Waals surface area contributed by atoms with Crippen LogP contribution in [0.4, 0.5) is 0 Å². The van der Waals surface area contributed by atoms with E-state index >= 15 is 0 Å². The summed E-state index contributed by atoms with van der Waals surface area (Å²) in [7, 11) is 0. The Balaban J connectivity index is 1.83. The number of halogens is 1. The summed E-state index contributed by atoms with van der Waals surface area (Å²) in [6, 6.07) is 0. The lowest BCUT2D eigenvalue weighted by Gasteiger charge is -2.23. The van der Waals surface area contributed by atoms with Crippen LogP contribution < -0.4 is 0 Å². The van der Waals surface area contributed by atoms with Crippen molar-refractivity contribution >= 4 is 11.6 Å². The van der Waals surface area contributed by atoms with E-state index < -0.39 is 0 Å². The van der Waals surface area contributed by atoms with Crippen LogP contribution in [0, 0.1) is 11.8 Å². The van der Waals surface area contributed by atoms with Gasteiger partial charge < -0.3 is 0 Å². The quantitative estimate of drug-likeness (QED) is 0.397. The molecular formula is C11H15Cl. The van der Waals surface area contributed by atoms with Gasteiger partial charge in [0.05, 0.1) is 0 Å². The predicted molar refractivity (Wildman–Crippen MR) is 51.3 cm³/mol. The fraction of sp³-hybridized carbons (Fsp3) is 0.818. The SMILES string of the molecule is ClC1[C@H]2CC3=C(CCCC3)C[C@@H]12. The summed E-state index contributed by atoms with van der Waals surface area (Å²) in [5.41, 5.74) is 3.59. The zero-order valence-corrected chi connectivity index (χ0v) is 8.11. The van der Waals surface area contributed by atoms with Crippen molar-refractivity contribution in [3.05, 3.63) is 11.1 Å². The Morgan fingerprint density at radius 2 is 1.42 bits per heavy atom. The standard InChI is InChI=1S/C11H15Cl/c12-11-9-5-7-3-1-2-4-8(7)6-10(9)11/h9-11H,1-6H2/t9-,10+,11?. The van der Waals surface area contributed by atoms with Crippen molar-refractivity contribution in [1.29, 1.82) is 0 Å². The van der Waals surface area contributed by atoms with Crippen LogP contribution in [0.3, 0.4) is 0 Å². The fourth-order valence-electron chi connectivity index (χ4n) is 3.02. The first-order chi connectivity index (χ1) is 5.86. The van der Waals surface area contributed by atoms with E-state index in [2.05, 4.69) is 0 Å². The Morgan fingerprint density at radius 3 is 1.92 bits per heavy atom. The van der Waals surface area contributed by atoms with E-state index in [0.717, 1.165) is 11.8 Å². The van der Waals surface area contributed by atoms with Crippen LogP contribution in [0.25, 0.3) is 0 Å². The second kappa shape index (κ2) is 2.51. The number of fused-ring (bicyclic) bond motifs is 1. The van der Waals surface area contributed by atoms with Gasteiger partial charge in [0.1, 0.15) is 0 Å². The average Bonchev–Trinajstić information content (AvgIpc) is 2.74. The zero-order valence-electron chi connectivity index (χ0n) is 7.35. The molecule has 0 aliphatic heterocycles. The molecule has 0 spiro atoms. The summed E-state index contributed by atoms with van der Waals surface area (Å²) < 4.78 is 0. The van der Waals surface area contributed by atoms with E-state index in [1.165, 1.54) is 38.5 Å². The van der Waals surface area contributed by atoms with Crippen molar-refractivity contribution in [2.24, 2.45) is 11.8 Å². The Labute approximate surface area is 79.0 Å². The van der Waals surface area contributed by atoms with Gasteiger partial charge in [0.25, 0.3) is 0 Å². The van der Waals surface area contributed by atoms with Gasteiger partial charge in [0.15, 0.2) is 0 Å². The number of rotatable bonds is 0. The molecule has 0 N–H and O–H groups in total.